The van der Waals surface area contributed by atoms with E-state index in [4.69, 9.17) is 9.26 Å². The van der Waals surface area contributed by atoms with Gasteiger partial charge in [0, 0.05) is 38.5 Å². The molecule has 0 saturated carbocycles. The molecule has 3 heterocycles. The quantitative estimate of drug-likeness (QED) is 0.798. The summed E-state index contributed by atoms with van der Waals surface area (Å²) in [4.78, 5) is 17.0. The smallest absolute Gasteiger partial charge is 0.254 e. The van der Waals surface area contributed by atoms with Crippen LogP contribution in [0.25, 0.3) is 0 Å². The van der Waals surface area contributed by atoms with Crippen molar-refractivity contribution in [3.63, 3.8) is 0 Å². The highest BCUT2D eigenvalue weighted by molar-refractivity contribution is 5.76. The molecule has 6 nitrogen and oxygen atoms in total. The van der Waals surface area contributed by atoms with E-state index in [9.17, 15) is 4.79 Å². The first kappa shape index (κ1) is 17.3. The zero-order chi connectivity index (χ0) is 16.9. The lowest BCUT2D eigenvalue weighted by atomic mass is 9.83. The third-order valence-electron chi connectivity index (χ3n) is 5.49. The lowest BCUT2D eigenvalue weighted by Gasteiger charge is -2.45. The summed E-state index contributed by atoms with van der Waals surface area (Å²) >= 11 is 0. The minimum Gasteiger partial charge on any atom is -0.479 e. The molecule has 2 fully saturated rings. The molecule has 0 unspecified atom stereocenters. The van der Waals surface area contributed by atoms with Gasteiger partial charge in [0.25, 0.3) is 5.88 Å². The molecular weight excluding hydrogens is 306 g/mol. The summed E-state index contributed by atoms with van der Waals surface area (Å²) in [5.74, 6) is 1.96. The maximum atomic E-state index is 12.4. The van der Waals surface area contributed by atoms with Crippen molar-refractivity contribution in [2.45, 2.75) is 51.0 Å². The first-order chi connectivity index (χ1) is 11.7. The number of nitrogens with zero attached hydrogens (tertiary/aromatic N) is 3. The zero-order valence-electron chi connectivity index (χ0n) is 14.9. The van der Waals surface area contributed by atoms with Crippen molar-refractivity contribution in [3.8, 4) is 5.88 Å². The third-order valence-corrected chi connectivity index (χ3v) is 5.49. The largest absolute Gasteiger partial charge is 0.479 e. The van der Waals surface area contributed by atoms with Crippen LogP contribution >= 0.6 is 0 Å². The summed E-state index contributed by atoms with van der Waals surface area (Å²) in [6.45, 7) is 3.36. The van der Waals surface area contributed by atoms with Crippen LogP contribution in [-0.2, 0) is 11.2 Å². The Kier molecular flexibility index (Phi) is 5.76. The van der Waals surface area contributed by atoms with Crippen molar-refractivity contribution in [1.82, 2.24) is 15.0 Å². The fraction of sp³-hybridized carbons (Fsp3) is 0.778. The second kappa shape index (κ2) is 8.01. The van der Waals surface area contributed by atoms with Gasteiger partial charge < -0.3 is 19.1 Å². The fourth-order valence-corrected chi connectivity index (χ4v) is 4.17. The molecule has 2 saturated heterocycles. The number of hydrogen-bond acceptors (Lipinski definition) is 5. The summed E-state index contributed by atoms with van der Waals surface area (Å²) in [6, 6.07) is 2.43. The third kappa shape index (κ3) is 4.09. The van der Waals surface area contributed by atoms with Gasteiger partial charge in [-0.1, -0.05) is 6.42 Å². The molecule has 0 aliphatic carbocycles. The van der Waals surface area contributed by atoms with Gasteiger partial charge >= 0.3 is 0 Å². The van der Waals surface area contributed by atoms with E-state index >= 15 is 0 Å². The molecule has 0 N–H and O–H groups in total. The molecule has 0 spiro atoms. The van der Waals surface area contributed by atoms with Crippen LogP contribution in [0.4, 0.5) is 0 Å². The highest BCUT2D eigenvalue weighted by atomic mass is 16.5. The van der Waals surface area contributed by atoms with E-state index in [1.807, 2.05) is 11.9 Å². The fourth-order valence-electron chi connectivity index (χ4n) is 4.17. The Bertz CT molecular complexity index is 543. The van der Waals surface area contributed by atoms with Crippen molar-refractivity contribution in [2.24, 2.45) is 5.92 Å². The maximum Gasteiger partial charge on any atom is 0.254 e. The van der Waals surface area contributed by atoms with Crippen LogP contribution in [0.5, 0.6) is 5.88 Å². The summed E-state index contributed by atoms with van der Waals surface area (Å²) in [5.41, 5.74) is 0. The Balaban J connectivity index is 1.48. The number of aromatic nitrogens is 1. The first-order valence-corrected chi connectivity index (χ1v) is 9.15. The van der Waals surface area contributed by atoms with Gasteiger partial charge in [0.05, 0.1) is 7.11 Å². The van der Waals surface area contributed by atoms with Crippen LogP contribution in [0.2, 0.25) is 0 Å². The molecule has 1 aromatic heterocycles. The van der Waals surface area contributed by atoms with Crippen molar-refractivity contribution in [1.29, 1.82) is 0 Å². The summed E-state index contributed by atoms with van der Waals surface area (Å²) in [5, 5.41) is 3.77. The molecule has 2 aliphatic heterocycles. The van der Waals surface area contributed by atoms with E-state index in [2.05, 4.69) is 10.1 Å². The molecule has 24 heavy (non-hydrogen) atoms. The van der Waals surface area contributed by atoms with E-state index < -0.39 is 0 Å². The van der Waals surface area contributed by atoms with Crippen molar-refractivity contribution < 1.29 is 14.1 Å². The van der Waals surface area contributed by atoms with Crippen molar-refractivity contribution >= 4 is 5.91 Å². The predicted molar refractivity (Wildman–Crippen MR) is 90.9 cm³/mol. The number of amides is 1. The highest BCUT2D eigenvalue weighted by Crippen LogP contribution is 2.31. The molecule has 0 radical (unpaired) electrons. The summed E-state index contributed by atoms with van der Waals surface area (Å²) < 4.78 is 10.1. The van der Waals surface area contributed by atoms with Crippen LogP contribution in [0.15, 0.2) is 10.6 Å². The molecular formula is C18H29N3O3. The summed E-state index contributed by atoms with van der Waals surface area (Å²) in [7, 11) is 3.49. The molecule has 0 bridgehead atoms. The number of aryl methyl sites for hydroxylation is 1. The number of hydrogen-bond donors (Lipinski definition) is 0. The lowest BCUT2D eigenvalue weighted by Crippen LogP contribution is -2.51. The van der Waals surface area contributed by atoms with Gasteiger partial charge in [-0.15, -0.1) is 0 Å². The number of carbonyl (C=O) groups is 1. The Morgan fingerprint density at radius 1 is 1.38 bits per heavy atom. The highest BCUT2D eigenvalue weighted by Gasteiger charge is 2.33. The molecule has 3 rings (SSSR count). The van der Waals surface area contributed by atoms with Crippen molar-refractivity contribution in [3.05, 3.63) is 11.8 Å². The average Bonchev–Trinajstić information content (AvgIpc) is 3.08. The van der Waals surface area contributed by atoms with E-state index in [0.29, 0.717) is 36.4 Å². The predicted octanol–water partition coefficient (Wildman–Crippen LogP) is 2.34. The zero-order valence-corrected chi connectivity index (χ0v) is 14.9. The Labute approximate surface area is 144 Å². The SMILES string of the molecule is COc1cc(CCC(=O)N(C)C[C@@H]2CCCN3CCCC[C@@H]23)on1. The second-order valence-electron chi connectivity index (χ2n) is 7.11. The number of piperidine rings is 2. The molecule has 2 aliphatic rings. The van der Waals surface area contributed by atoms with Gasteiger partial charge in [0.15, 0.2) is 0 Å². The molecule has 0 aromatic carbocycles. The van der Waals surface area contributed by atoms with Crippen LogP contribution in [0.3, 0.4) is 0 Å². The van der Waals surface area contributed by atoms with E-state index in [1.54, 1.807) is 13.2 Å². The van der Waals surface area contributed by atoms with Gasteiger partial charge in [-0.25, -0.2) is 0 Å². The van der Waals surface area contributed by atoms with E-state index in [1.165, 1.54) is 45.2 Å². The normalized spacial score (nSPS) is 24.4. The minimum absolute atomic E-state index is 0.179. The average molecular weight is 335 g/mol. The Morgan fingerprint density at radius 2 is 2.21 bits per heavy atom. The van der Waals surface area contributed by atoms with Gasteiger partial charge in [0.1, 0.15) is 5.76 Å². The van der Waals surface area contributed by atoms with Crippen LogP contribution in [0.1, 0.15) is 44.3 Å². The minimum atomic E-state index is 0.179. The maximum absolute atomic E-state index is 12.4. The van der Waals surface area contributed by atoms with Gasteiger partial charge in [-0.05, 0) is 49.8 Å². The van der Waals surface area contributed by atoms with Crippen LogP contribution in [-0.4, -0.2) is 60.7 Å². The van der Waals surface area contributed by atoms with Gasteiger partial charge in [-0.2, -0.15) is 0 Å². The van der Waals surface area contributed by atoms with Gasteiger partial charge in [0.2, 0.25) is 5.91 Å². The molecule has 134 valence electrons. The number of ether oxygens (including phenoxy) is 1. The molecule has 1 aromatic rings. The van der Waals surface area contributed by atoms with E-state index in [-0.39, 0.29) is 5.91 Å². The number of fused-ring (bicyclic) bond motifs is 1. The van der Waals surface area contributed by atoms with Crippen LogP contribution in [0, 0.1) is 5.92 Å². The molecule has 6 heteroatoms. The Hall–Kier alpha value is -1.56. The second-order valence-corrected chi connectivity index (χ2v) is 7.11. The number of rotatable bonds is 6. The first-order valence-electron chi connectivity index (χ1n) is 9.15. The van der Waals surface area contributed by atoms with Crippen LogP contribution < -0.4 is 4.74 Å². The Morgan fingerprint density at radius 3 is 3.00 bits per heavy atom. The standard InChI is InChI=1S/C18H29N3O3/c1-20(18(22)9-8-15-12-17(23-2)19-24-15)13-14-6-5-11-21-10-4-3-7-16(14)21/h12,14,16H,3-11,13H2,1-2H3/t14-,16-/m0/s1. The topological polar surface area (TPSA) is 58.8 Å². The van der Waals surface area contributed by atoms with Crippen molar-refractivity contribution in [2.75, 3.05) is 33.8 Å². The van der Waals surface area contributed by atoms with E-state index in [0.717, 1.165) is 6.54 Å². The number of carbonyl (C=O) groups excluding carboxylic acids is 1. The van der Waals surface area contributed by atoms with Gasteiger partial charge in [-0.3, -0.25) is 4.79 Å². The lowest BCUT2D eigenvalue weighted by molar-refractivity contribution is -0.131. The molecule has 2 atom stereocenters. The summed E-state index contributed by atoms with van der Waals surface area (Å²) in [6.07, 6.45) is 7.50. The monoisotopic (exact) mass is 335 g/mol. The molecule has 1 amide bonds. The number of methoxy groups -OCH3 is 1.